The van der Waals surface area contributed by atoms with Gasteiger partial charge in [0.05, 0.1) is 17.2 Å². The van der Waals surface area contributed by atoms with Gasteiger partial charge in [-0.15, -0.1) is 0 Å². The van der Waals surface area contributed by atoms with Crippen LogP contribution in [0.2, 0.25) is 0 Å². The second kappa shape index (κ2) is 4.27. The maximum atomic E-state index is 6.11. The summed E-state index contributed by atoms with van der Waals surface area (Å²) in [5.41, 5.74) is 3.69. The number of aryl methyl sites for hydroxylation is 2. The van der Waals surface area contributed by atoms with E-state index >= 15 is 0 Å². The summed E-state index contributed by atoms with van der Waals surface area (Å²) in [6, 6.07) is 6.90. The first kappa shape index (κ1) is 13.4. The number of hydrogen-bond donors (Lipinski definition) is 1. The monoisotopic (exact) mass is 247 g/mol. The van der Waals surface area contributed by atoms with Crippen molar-refractivity contribution < 1.29 is 4.74 Å². The van der Waals surface area contributed by atoms with E-state index in [1.807, 2.05) is 0 Å². The van der Waals surface area contributed by atoms with Crippen molar-refractivity contribution in [1.82, 2.24) is 0 Å². The maximum absolute atomic E-state index is 6.11. The van der Waals surface area contributed by atoms with Gasteiger partial charge in [-0.3, -0.25) is 0 Å². The molecule has 0 bridgehead atoms. The molecule has 1 unspecified atom stereocenters. The van der Waals surface area contributed by atoms with Gasteiger partial charge in [0, 0.05) is 5.69 Å². The summed E-state index contributed by atoms with van der Waals surface area (Å²) in [6.07, 6.45) is 1.03. The van der Waals surface area contributed by atoms with Gasteiger partial charge in [-0.1, -0.05) is 6.07 Å². The van der Waals surface area contributed by atoms with E-state index < -0.39 is 0 Å². The lowest BCUT2D eigenvalue weighted by molar-refractivity contribution is -0.0662. The highest BCUT2D eigenvalue weighted by Crippen LogP contribution is 2.38. The molecule has 0 radical (unpaired) electrons. The van der Waals surface area contributed by atoms with Crippen molar-refractivity contribution >= 4 is 5.69 Å². The van der Waals surface area contributed by atoms with Gasteiger partial charge in [-0.25, -0.2) is 0 Å². The van der Waals surface area contributed by atoms with Crippen molar-refractivity contribution in [1.29, 1.82) is 0 Å². The first-order chi connectivity index (χ1) is 8.20. The Kier molecular flexibility index (Phi) is 3.18. The molecular weight excluding hydrogens is 222 g/mol. The van der Waals surface area contributed by atoms with Crippen molar-refractivity contribution in [2.45, 2.75) is 65.2 Å². The smallest absolute Gasteiger partial charge is 0.0834 e. The standard InChI is InChI=1S/C16H25NO/c1-11-7-8-13(9-12(11)2)17-14-10-15(3,4)18-16(14,5)6/h7-9,14,17H,10H2,1-6H3. The third kappa shape index (κ3) is 2.69. The van der Waals surface area contributed by atoms with Gasteiger partial charge in [0.15, 0.2) is 0 Å². The minimum Gasteiger partial charge on any atom is -0.379 e. The average Bonchev–Trinajstić information content (AvgIpc) is 2.40. The first-order valence-corrected chi connectivity index (χ1v) is 6.74. The summed E-state index contributed by atoms with van der Waals surface area (Å²) in [5.74, 6) is 0. The fourth-order valence-corrected chi connectivity index (χ4v) is 2.82. The van der Waals surface area contributed by atoms with E-state index in [1.54, 1.807) is 0 Å². The highest BCUT2D eigenvalue weighted by atomic mass is 16.5. The van der Waals surface area contributed by atoms with Crippen LogP contribution in [-0.2, 0) is 4.74 Å². The van der Waals surface area contributed by atoms with Crippen LogP contribution < -0.4 is 5.32 Å². The molecule has 1 aromatic rings. The molecule has 0 amide bonds. The lowest BCUT2D eigenvalue weighted by Crippen LogP contribution is -2.38. The summed E-state index contributed by atoms with van der Waals surface area (Å²) >= 11 is 0. The topological polar surface area (TPSA) is 21.3 Å². The van der Waals surface area contributed by atoms with Crippen molar-refractivity contribution in [2.75, 3.05) is 5.32 Å². The van der Waals surface area contributed by atoms with E-state index in [1.165, 1.54) is 16.8 Å². The molecule has 2 rings (SSSR count). The number of benzene rings is 1. The van der Waals surface area contributed by atoms with Crippen LogP contribution in [0.5, 0.6) is 0 Å². The minimum absolute atomic E-state index is 0.0408. The van der Waals surface area contributed by atoms with Gasteiger partial charge in [0.25, 0.3) is 0 Å². The van der Waals surface area contributed by atoms with Crippen LogP contribution in [0.15, 0.2) is 18.2 Å². The molecule has 1 N–H and O–H groups in total. The molecule has 1 saturated heterocycles. The molecule has 0 aliphatic carbocycles. The van der Waals surface area contributed by atoms with Gasteiger partial charge >= 0.3 is 0 Å². The molecule has 1 fully saturated rings. The van der Waals surface area contributed by atoms with Crippen molar-refractivity contribution in [3.63, 3.8) is 0 Å². The first-order valence-electron chi connectivity index (χ1n) is 6.74. The molecule has 18 heavy (non-hydrogen) atoms. The molecule has 1 aromatic carbocycles. The fraction of sp³-hybridized carbons (Fsp3) is 0.625. The summed E-state index contributed by atoms with van der Waals surface area (Å²) in [4.78, 5) is 0. The number of nitrogens with one attached hydrogen (secondary N) is 1. The van der Waals surface area contributed by atoms with Crippen LogP contribution in [0, 0.1) is 13.8 Å². The zero-order valence-corrected chi connectivity index (χ0v) is 12.4. The predicted octanol–water partition coefficient (Wildman–Crippen LogP) is 4.06. The van der Waals surface area contributed by atoms with Crippen molar-refractivity contribution in [2.24, 2.45) is 0 Å². The van der Waals surface area contributed by atoms with Crippen LogP contribution in [0.25, 0.3) is 0 Å². The molecule has 0 saturated carbocycles. The molecular formula is C16H25NO. The third-order valence-electron chi connectivity index (χ3n) is 3.92. The van der Waals surface area contributed by atoms with Crippen molar-refractivity contribution in [3.8, 4) is 0 Å². The zero-order chi connectivity index (χ0) is 13.6. The fourth-order valence-electron chi connectivity index (χ4n) is 2.82. The Morgan fingerprint density at radius 2 is 1.78 bits per heavy atom. The average molecular weight is 247 g/mol. The maximum Gasteiger partial charge on any atom is 0.0834 e. The number of rotatable bonds is 2. The van der Waals surface area contributed by atoms with E-state index in [-0.39, 0.29) is 11.2 Å². The largest absolute Gasteiger partial charge is 0.379 e. The predicted molar refractivity (Wildman–Crippen MR) is 77.2 cm³/mol. The van der Waals surface area contributed by atoms with Gasteiger partial charge in [-0.2, -0.15) is 0 Å². The van der Waals surface area contributed by atoms with Crippen molar-refractivity contribution in [3.05, 3.63) is 29.3 Å². The molecule has 1 aliphatic heterocycles. The summed E-state index contributed by atoms with van der Waals surface area (Å²) in [6.45, 7) is 13.0. The molecule has 100 valence electrons. The van der Waals surface area contributed by atoms with Crippen LogP contribution in [0.4, 0.5) is 5.69 Å². The summed E-state index contributed by atoms with van der Waals surface area (Å²) in [5, 5.41) is 3.63. The third-order valence-corrected chi connectivity index (χ3v) is 3.92. The lowest BCUT2D eigenvalue weighted by atomic mass is 9.94. The number of ether oxygens (including phenoxy) is 1. The summed E-state index contributed by atoms with van der Waals surface area (Å²) in [7, 11) is 0. The second-order valence-corrected chi connectivity index (χ2v) is 6.67. The Hall–Kier alpha value is -1.02. The molecule has 0 aromatic heterocycles. The highest BCUT2D eigenvalue weighted by molar-refractivity contribution is 5.49. The van der Waals surface area contributed by atoms with Gasteiger partial charge < -0.3 is 10.1 Å². The zero-order valence-electron chi connectivity index (χ0n) is 12.4. The van der Waals surface area contributed by atoms with Crippen LogP contribution in [0.3, 0.4) is 0 Å². The Morgan fingerprint density at radius 3 is 2.28 bits per heavy atom. The Labute approximate surface area is 111 Å². The number of anilines is 1. The quantitative estimate of drug-likeness (QED) is 0.851. The van der Waals surface area contributed by atoms with E-state index in [0.29, 0.717) is 6.04 Å². The van der Waals surface area contributed by atoms with Gasteiger partial charge in [0.1, 0.15) is 0 Å². The van der Waals surface area contributed by atoms with E-state index in [0.717, 1.165) is 6.42 Å². The Balaban J connectivity index is 2.16. The van der Waals surface area contributed by atoms with Crippen LogP contribution in [0.1, 0.15) is 45.2 Å². The molecule has 2 heteroatoms. The molecule has 0 spiro atoms. The van der Waals surface area contributed by atoms with E-state index in [9.17, 15) is 0 Å². The lowest BCUT2D eigenvalue weighted by Gasteiger charge is -2.28. The number of hydrogen-bond acceptors (Lipinski definition) is 2. The van der Waals surface area contributed by atoms with E-state index in [2.05, 4.69) is 65.1 Å². The van der Waals surface area contributed by atoms with Gasteiger partial charge in [0.2, 0.25) is 0 Å². The molecule has 1 heterocycles. The second-order valence-electron chi connectivity index (χ2n) is 6.67. The Morgan fingerprint density at radius 1 is 1.11 bits per heavy atom. The molecule has 2 nitrogen and oxygen atoms in total. The normalized spacial score (nSPS) is 25.1. The Bertz CT molecular complexity index is 448. The highest BCUT2D eigenvalue weighted by Gasteiger charge is 2.45. The van der Waals surface area contributed by atoms with Gasteiger partial charge in [-0.05, 0) is 71.2 Å². The van der Waals surface area contributed by atoms with Crippen LogP contribution in [-0.4, -0.2) is 17.2 Å². The molecule has 1 aliphatic rings. The van der Waals surface area contributed by atoms with Crippen LogP contribution >= 0.6 is 0 Å². The molecule has 1 atom stereocenters. The minimum atomic E-state index is -0.123. The summed E-state index contributed by atoms with van der Waals surface area (Å²) < 4.78 is 6.11. The van der Waals surface area contributed by atoms with E-state index in [4.69, 9.17) is 4.74 Å². The SMILES string of the molecule is Cc1ccc(NC2CC(C)(C)OC2(C)C)cc1C.